The minimum Gasteiger partial charge on any atom is -0.465 e. The SMILES string of the molecule is COC(=O)c1ccc(Br)c(C#N)c1C(F)(F)F. The van der Waals surface area contributed by atoms with E-state index < -0.39 is 28.8 Å². The van der Waals surface area contributed by atoms with Crippen molar-refractivity contribution in [2.75, 3.05) is 7.11 Å². The lowest BCUT2D eigenvalue weighted by atomic mass is 10.0. The van der Waals surface area contributed by atoms with Gasteiger partial charge in [-0.2, -0.15) is 18.4 Å². The first-order valence-corrected chi connectivity index (χ1v) is 5.00. The molecule has 1 aromatic carbocycles. The van der Waals surface area contributed by atoms with Gasteiger partial charge in [-0.05, 0) is 28.1 Å². The van der Waals surface area contributed by atoms with Crippen LogP contribution in [-0.2, 0) is 10.9 Å². The Bertz CT molecular complexity index is 505. The van der Waals surface area contributed by atoms with Gasteiger partial charge in [0.2, 0.25) is 0 Å². The van der Waals surface area contributed by atoms with Gasteiger partial charge in [0.05, 0.1) is 23.8 Å². The number of carbonyl (C=O) groups excluding carboxylic acids is 1. The predicted octanol–water partition coefficient (Wildman–Crippen LogP) is 3.13. The number of rotatable bonds is 1. The molecular weight excluding hydrogens is 303 g/mol. The maximum Gasteiger partial charge on any atom is 0.418 e. The van der Waals surface area contributed by atoms with E-state index in [0.717, 1.165) is 13.2 Å². The Kier molecular flexibility index (Phi) is 3.78. The number of methoxy groups -OCH3 is 1. The quantitative estimate of drug-likeness (QED) is 0.749. The molecule has 1 aromatic rings. The summed E-state index contributed by atoms with van der Waals surface area (Å²) in [5.74, 6) is -1.14. The molecule has 0 fully saturated rings. The van der Waals surface area contributed by atoms with E-state index >= 15 is 0 Å². The molecule has 0 radical (unpaired) electrons. The van der Waals surface area contributed by atoms with Crippen LogP contribution in [0.15, 0.2) is 16.6 Å². The van der Waals surface area contributed by atoms with Crippen molar-refractivity contribution in [3.63, 3.8) is 0 Å². The zero-order chi connectivity index (χ0) is 13.2. The van der Waals surface area contributed by atoms with E-state index in [9.17, 15) is 18.0 Å². The van der Waals surface area contributed by atoms with Crippen molar-refractivity contribution in [3.05, 3.63) is 33.3 Å². The molecule has 7 heteroatoms. The molecule has 0 aliphatic heterocycles. The van der Waals surface area contributed by atoms with Crippen molar-refractivity contribution in [3.8, 4) is 6.07 Å². The van der Waals surface area contributed by atoms with Crippen LogP contribution in [-0.4, -0.2) is 13.1 Å². The summed E-state index contributed by atoms with van der Waals surface area (Å²) in [4.78, 5) is 11.2. The summed E-state index contributed by atoms with van der Waals surface area (Å²) < 4.78 is 42.6. The number of nitriles is 1. The van der Waals surface area contributed by atoms with Crippen molar-refractivity contribution < 1.29 is 22.7 Å². The standard InChI is InChI=1S/C10H5BrF3NO2/c1-17-9(16)5-2-3-7(11)6(4-15)8(5)10(12,13)14/h2-3H,1H3. The van der Waals surface area contributed by atoms with E-state index in [1.165, 1.54) is 12.1 Å². The molecule has 0 aliphatic carbocycles. The van der Waals surface area contributed by atoms with Gasteiger partial charge in [0.15, 0.2) is 0 Å². The highest BCUT2D eigenvalue weighted by Crippen LogP contribution is 2.37. The van der Waals surface area contributed by atoms with Gasteiger partial charge in [-0.25, -0.2) is 4.79 Å². The molecule has 0 bridgehead atoms. The molecule has 0 amide bonds. The number of alkyl halides is 3. The van der Waals surface area contributed by atoms with E-state index in [0.29, 0.717) is 0 Å². The third-order valence-electron chi connectivity index (χ3n) is 1.96. The summed E-state index contributed by atoms with van der Waals surface area (Å²) in [6.07, 6.45) is -4.81. The molecule has 1 rings (SSSR count). The van der Waals surface area contributed by atoms with Crippen LogP contribution in [0, 0.1) is 11.3 Å². The summed E-state index contributed by atoms with van der Waals surface area (Å²) in [5, 5.41) is 8.71. The molecule has 0 spiro atoms. The molecule has 90 valence electrons. The van der Waals surface area contributed by atoms with Crippen molar-refractivity contribution in [1.82, 2.24) is 0 Å². The summed E-state index contributed by atoms with van der Waals surface area (Å²) in [5.41, 5.74) is -2.61. The van der Waals surface area contributed by atoms with Crippen LogP contribution in [0.1, 0.15) is 21.5 Å². The Morgan fingerprint density at radius 3 is 2.47 bits per heavy atom. The molecule has 0 saturated heterocycles. The molecule has 0 unspecified atom stereocenters. The third kappa shape index (κ3) is 2.58. The minimum atomic E-state index is -4.81. The van der Waals surface area contributed by atoms with Crippen LogP contribution in [0.2, 0.25) is 0 Å². The average Bonchev–Trinajstić information content (AvgIpc) is 2.26. The Balaban J connectivity index is 3.65. The number of carbonyl (C=O) groups is 1. The fourth-order valence-corrected chi connectivity index (χ4v) is 1.68. The monoisotopic (exact) mass is 307 g/mol. The Labute approximate surface area is 103 Å². The molecule has 17 heavy (non-hydrogen) atoms. The van der Waals surface area contributed by atoms with Crippen LogP contribution >= 0.6 is 15.9 Å². The molecule has 0 aliphatic rings. The van der Waals surface area contributed by atoms with E-state index in [4.69, 9.17) is 5.26 Å². The van der Waals surface area contributed by atoms with Crippen molar-refractivity contribution in [2.45, 2.75) is 6.18 Å². The topological polar surface area (TPSA) is 50.1 Å². The van der Waals surface area contributed by atoms with Gasteiger partial charge in [-0.1, -0.05) is 0 Å². The maximum atomic E-state index is 12.8. The lowest BCUT2D eigenvalue weighted by molar-refractivity contribution is -0.138. The molecule has 3 nitrogen and oxygen atoms in total. The second-order valence-corrected chi connectivity index (χ2v) is 3.80. The van der Waals surface area contributed by atoms with Crippen molar-refractivity contribution in [2.24, 2.45) is 0 Å². The van der Waals surface area contributed by atoms with Gasteiger partial charge in [0.25, 0.3) is 0 Å². The van der Waals surface area contributed by atoms with Gasteiger partial charge < -0.3 is 4.74 Å². The predicted molar refractivity (Wildman–Crippen MR) is 55.2 cm³/mol. The lowest BCUT2D eigenvalue weighted by Crippen LogP contribution is -2.16. The molecule has 0 saturated carbocycles. The normalized spacial score (nSPS) is 10.8. The number of halogens is 4. The molecule has 0 aromatic heterocycles. The summed E-state index contributed by atoms with van der Waals surface area (Å²) >= 11 is 2.83. The molecule has 0 N–H and O–H groups in total. The number of benzene rings is 1. The lowest BCUT2D eigenvalue weighted by Gasteiger charge is -2.13. The zero-order valence-electron chi connectivity index (χ0n) is 8.43. The Morgan fingerprint density at radius 1 is 1.47 bits per heavy atom. The fraction of sp³-hybridized carbons (Fsp3) is 0.200. The zero-order valence-corrected chi connectivity index (χ0v) is 10.0. The third-order valence-corrected chi connectivity index (χ3v) is 2.62. The van der Waals surface area contributed by atoms with Crippen LogP contribution < -0.4 is 0 Å². The second kappa shape index (κ2) is 4.75. The van der Waals surface area contributed by atoms with E-state index in [1.807, 2.05) is 0 Å². The number of hydrogen-bond acceptors (Lipinski definition) is 3. The number of ether oxygens (including phenoxy) is 1. The van der Waals surface area contributed by atoms with E-state index in [-0.39, 0.29) is 4.47 Å². The van der Waals surface area contributed by atoms with Crippen molar-refractivity contribution in [1.29, 1.82) is 5.26 Å². The average molecular weight is 308 g/mol. The van der Waals surface area contributed by atoms with Gasteiger partial charge >= 0.3 is 12.1 Å². The summed E-state index contributed by atoms with van der Waals surface area (Å²) in [7, 11) is 0.969. The minimum absolute atomic E-state index is 0.0278. The molecular formula is C10H5BrF3NO2. The Morgan fingerprint density at radius 2 is 2.06 bits per heavy atom. The first-order valence-electron chi connectivity index (χ1n) is 4.21. The Hall–Kier alpha value is -1.55. The van der Waals surface area contributed by atoms with Crippen molar-refractivity contribution >= 4 is 21.9 Å². The highest BCUT2D eigenvalue weighted by molar-refractivity contribution is 9.10. The fourth-order valence-electron chi connectivity index (χ4n) is 1.26. The second-order valence-electron chi connectivity index (χ2n) is 2.95. The smallest absolute Gasteiger partial charge is 0.418 e. The van der Waals surface area contributed by atoms with Crippen LogP contribution in [0.5, 0.6) is 0 Å². The van der Waals surface area contributed by atoms with Gasteiger partial charge in [-0.15, -0.1) is 0 Å². The van der Waals surface area contributed by atoms with E-state index in [1.54, 1.807) is 0 Å². The van der Waals surface area contributed by atoms with Gasteiger partial charge in [-0.3, -0.25) is 0 Å². The van der Waals surface area contributed by atoms with Crippen LogP contribution in [0.25, 0.3) is 0 Å². The van der Waals surface area contributed by atoms with Gasteiger partial charge in [0.1, 0.15) is 6.07 Å². The highest BCUT2D eigenvalue weighted by Gasteiger charge is 2.39. The number of hydrogen-bond donors (Lipinski definition) is 0. The van der Waals surface area contributed by atoms with Crippen LogP contribution in [0.4, 0.5) is 13.2 Å². The number of nitrogens with zero attached hydrogens (tertiary/aromatic N) is 1. The van der Waals surface area contributed by atoms with E-state index in [2.05, 4.69) is 20.7 Å². The van der Waals surface area contributed by atoms with Crippen LogP contribution in [0.3, 0.4) is 0 Å². The van der Waals surface area contributed by atoms with Gasteiger partial charge in [0, 0.05) is 4.47 Å². The maximum absolute atomic E-state index is 12.8. The first kappa shape index (κ1) is 13.5. The molecule has 0 atom stereocenters. The summed E-state index contributed by atoms with van der Waals surface area (Å²) in [6.45, 7) is 0. The largest absolute Gasteiger partial charge is 0.465 e. The molecule has 0 heterocycles. The summed E-state index contributed by atoms with van der Waals surface area (Å²) in [6, 6.07) is 3.57. The highest BCUT2D eigenvalue weighted by atomic mass is 79.9. The first-order chi connectivity index (χ1) is 7.82. The number of esters is 1.